The van der Waals surface area contributed by atoms with E-state index in [9.17, 15) is 0 Å². The van der Waals surface area contributed by atoms with Crippen molar-refractivity contribution >= 4 is 17.0 Å². The maximum absolute atomic E-state index is 5.77. The summed E-state index contributed by atoms with van der Waals surface area (Å²) in [4.78, 5) is 12.4. The smallest absolute Gasteiger partial charge is 0.179 e. The van der Waals surface area contributed by atoms with Crippen molar-refractivity contribution in [3.63, 3.8) is 0 Å². The molecule has 0 radical (unpaired) electrons. The lowest BCUT2D eigenvalue weighted by molar-refractivity contribution is 0.546. The lowest BCUT2D eigenvalue weighted by Gasteiger charge is -2.09. The summed E-state index contributed by atoms with van der Waals surface area (Å²) in [5.74, 6) is 2.27. The predicted molar refractivity (Wildman–Crippen MR) is 79.4 cm³/mol. The number of H-pyrrole nitrogens is 1. The van der Waals surface area contributed by atoms with Crippen molar-refractivity contribution in [2.45, 2.75) is 45.1 Å². The lowest BCUT2D eigenvalue weighted by Crippen LogP contribution is -2.14. The molecule has 5 nitrogen and oxygen atoms in total. The van der Waals surface area contributed by atoms with Crippen molar-refractivity contribution in [1.29, 1.82) is 0 Å². The Labute approximate surface area is 114 Å². The maximum Gasteiger partial charge on any atom is 0.179 e. The van der Waals surface area contributed by atoms with E-state index >= 15 is 0 Å². The van der Waals surface area contributed by atoms with Gasteiger partial charge in [-0.2, -0.15) is 0 Å². The first-order valence-corrected chi connectivity index (χ1v) is 6.90. The van der Waals surface area contributed by atoms with Gasteiger partial charge in [-0.15, -0.1) is 0 Å². The van der Waals surface area contributed by atoms with E-state index in [-0.39, 0.29) is 6.04 Å². The molecule has 2 unspecified atom stereocenters. The van der Waals surface area contributed by atoms with Gasteiger partial charge in [-0.05, 0) is 31.9 Å². The van der Waals surface area contributed by atoms with Crippen LogP contribution in [0.25, 0.3) is 11.2 Å². The quantitative estimate of drug-likeness (QED) is 0.746. The molecular formula is C14H23N5. The molecule has 0 spiro atoms. The van der Waals surface area contributed by atoms with Gasteiger partial charge in [-0.25, -0.2) is 9.97 Å². The van der Waals surface area contributed by atoms with Crippen molar-refractivity contribution in [1.82, 2.24) is 15.0 Å². The third-order valence-electron chi connectivity index (χ3n) is 3.38. The van der Waals surface area contributed by atoms with Crippen molar-refractivity contribution in [2.24, 2.45) is 5.73 Å². The molecule has 2 atom stereocenters. The summed E-state index contributed by atoms with van der Waals surface area (Å²) >= 11 is 0. The molecule has 0 saturated carbocycles. The van der Waals surface area contributed by atoms with Crippen LogP contribution in [0.15, 0.2) is 12.1 Å². The number of nitrogens with zero attached hydrogens (tertiary/aromatic N) is 2. The van der Waals surface area contributed by atoms with E-state index in [0.717, 1.165) is 42.1 Å². The number of fused-ring (bicyclic) bond motifs is 1. The standard InChI is InChI=1S/C14H23N5/c1-9(5-4-6-10(2)15)13-17-11-7-8-12(16-3)18-14(11)19-13/h7-10H,4-6,15H2,1-3H3,(H2,16,17,18,19). The summed E-state index contributed by atoms with van der Waals surface area (Å²) in [6.07, 6.45) is 3.29. The minimum Gasteiger partial charge on any atom is -0.373 e. The fourth-order valence-electron chi connectivity index (χ4n) is 2.17. The van der Waals surface area contributed by atoms with Crippen LogP contribution in [0.2, 0.25) is 0 Å². The Hall–Kier alpha value is -1.62. The van der Waals surface area contributed by atoms with Gasteiger partial charge in [0.2, 0.25) is 0 Å². The summed E-state index contributed by atoms with van der Waals surface area (Å²) in [6, 6.07) is 4.24. The number of imidazole rings is 1. The van der Waals surface area contributed by atoms with E-state index in [2.05, 4.69) is 34.1 Å². The summed E-state index contributed by atoms with van der Waals surface area (Å²) in [5, 5.41) is 3.03. The number of nitrogens with two attached hydrogens (primary N) is 1. The van der Waals surface area contributed by atoms with Crippen molar-refractivity contribution < 1.29 is 0 Å². The molecule has 0 aromatic carbocycles. The topological polar surface area (TPSA) is 79.6 Å². The highest BCUT2D eigenvalue weighted by atomic mass is 15.0. The molecule has 2 aromatic heterocycles. The van der Waals surface area contributed by atoms with E-state index in [1.54, 1.807) is 0 Å². The zero-order valence-corrected chi connectivity index (χ0v) is 11.9. The minimum atomic E-state index is 0.280. The van der Waals surface area contributed by atoms with E-state index in [1.807, 2.05) is 19.2 Å². The molecule has 19 heavy (non-hydrogen) atoms. The Bertz CT molecular complexity index is 532. The second-order valence-electron chi connectivity index (χ2n) is 5.25. The van der Waals surface area contributed by atoms with Gasteiger partial charge in [0.05, 0.1) is 5.52 Å². The Balaban J connectivity index is 2.07. The number of nitrogens with one attached hydrogen (secondary N) is 2. The summed E-state index contributed by atoms with van der Waals surface area (Å²) in [5.41, 5.74) is 7.54. The monoisotopic (exact) mass is 261 g/mol. The highest BCUT2D eigenvalue weighted by Crippen LogP contribution is 2.22. The Kier molecular flexibility index (Phi) is 4.37. The van der Waals surface area contributed by atoms with Gasteiger partial charge in [0.1, 0.15) is 11.6 Å². The summed E-state index contributed by atoms with van der Waals surface area (Å²) in [6.45, 7) is 4.24. The normalized spacial score (nSPS) is 14.5. The number of anilines is 1. The molecule has 0 fully saturated rings. The second kappa shape index (κ2) is 6.02. The van der Waals surface area contributed by atoms with Gasteiger partial charge in [0, 0.05) is 19.0 Å². The second-order valence-corrected chi connectivity index (χ2v) is 5.25. The Morgan fingerprint density at radius 2 is 2.05 bits per heavy atom. The minimum absolute atomic E-state index is 0.280. The molecule has 2 rings (SSSR count). The van der Waals surface area contributed by atoms with Gasteiger partial charge >= 0.3 is 0 Å². The van der Waals surface area contributed by atoms with Crippen LogP contribution in [0.5, 0.6) is 0 Å². The largest absolute Gasteiger partial charge is 0.373 e. The fraction of sp³-hybridized carbons (Fsp3) is 0.571. The molecule has 2 aromatic rings. The van der Waals surface area contributed by atoms with Crippen molar-refractivity contribution in [3.8, 4) is 0 Å². The number of pyridine rings is 1. The average Bonchev–Trinajstić information content (AvgIpc) is 2.80. The molecule has 5 heteroatoms. The van der Waals surface area contributed by atoms with Crippen LogP contribution < -0.4 is 11.1 Å². The van der Waals surface area contributed by atoms with E-state index in [1.165, 1.54) is 0 Å². The van der Waals surface area contributed by atoms with Gasteiger partial charge in [0.15, 0.2) is 5.65 Å². The zero-order valence-electron chi connectivity index (χ0n) is 11.9. The summed E-state index contributed by atoms with van der Waals surface area (Å²) < 4.78 is 0. The van der Waals surface area contributed by atoms with Gasteiger partial charge < -0.3 is 16.0 Å². The molecule has 0 amide bonds. The first-order chi connectivity index (χ1) is 9.10. The zero-order chi connectivity index (χ0) is 13.8. The van der Waals surface area contributed by atoms with Crippen LogP contribution in [0, 0.1) is 0 Å². The lowest BCUT2D eigenvalue weighted by atomic mass is 10.0. The Morgan fingerprint density at radius 3 is 2.74 bits per heavy atom. The summed E-state index contributed by atoms with van der Waals surface area (Å²) in [7, 11) is 1.86. The molecule has 0 bridgehead atoms. The fourth-order valence-corrected chi connectivity index (χ4v) is 2.17. The Morgan fingerprint density at radius 1 is 1.26 bits per heavy atom. The van der Waals surface area contributed by atoms with Crippen LogP contribution >= 0.6 is 0 Å². The number of aromatic nitrogens is 3. The first-order valence-electron chi connectivity index (χ1n) is 6.90. The maximum atomic E-state index is 5.77. The van der Waals surface area contributed by atoms with E-state index in [0.29, 0.717) is 5.92 Å². The molecule has 0 aliphatic heterocycles. The first kappa shape index (κ1) is 13.8. The van der Waals surface area contributed by atoms with Crippen LogP contribution in [0.4, 0.5) is 5.82 Å². The molecule has 0 saturated heterocycles. The highest BCUT2D eigenvalue weighted by Gasteiger charge is 2.12. The highest BCUT2D eigenvalue weighted by molar-refractivity contribution is 5.72. The number of rotatable bonds is 6. The van der Waals surface area contributed by atoms with E-state index < -0.39 is 0 Å². The van der Waals surface area contributed by atoms with Crippen LogP contribution in [0.3, 0.4) is 0 Å². The molecular weight excluding hydrogens is 238 g/mol. The predicted octanol–water partition coefficient (Wildman–Crippen LogP) is 2.62. The van der Waals surface area contributed by atoms with Crippen LogP contribution in [-0.2, 0) is 0 Å². The van der Waals surface area contributed by atoms with Crippen molar-refractivity contribution in [2.75, 3.05) is 12.4 Å². The third-order valence-corrected chi connectivity index (χ3v) is 3.38. The average molecular weight is 261 g/mol. The van der Waals surface area contributed by atoms with Gasteiger partial charge in [-0.1, -0.05) is 13.3 Å². The molecule has 0 aliphatic carbocycles. The molecule has 2 heterocycles. The third kappa shape index (κ3) is 3.44. The number of hydrogen-bond donors (Lipinski definition) is 3. The van der Waals surface area contributed by atoms with E-state index in [4.69, 9.17) is 5.73 Å². The number of hydrogen-bond acceptors (Lipinski definition) is 4. The van der Waals surface area contributed by atoms with Gasteiger partial charge in [0.25, 0.3) is 0 Å². The van der Waals surface area contributed by atoms with Crippen LogP contribution in [0.1, 0.15) is 44.9 Å². The van der Waals surface area contributed by atoms with Gasteiger partial charge in [-0.3, -0.25) is 0 Å². The number of aromatic amines is 1. The SMILES string of the molecule is CNc1ccc2[nH]c(C(C)CCCC(C)N)nc2n1. The van der Waals surface area contributed by atoms with Crippen molar-refractivity contribution in [3.05, 3.63) is 18.0 Å². The molecule has 104 valence electrons. The molecule has 4 N–H and O–H groups in total. The molecule has 0 aliphatic rings. The van der Waals surface area contributed by atoms with Crippen LogP contribution in [-0.4, -0.2) is 28.0 Å².